The number of hydrogen-bond acceptors (Lipinski definition) is 5. The Morgan fingerprint density at radius 1 is 0.944 bits per heavy atom. The van der Waals surface area contributed by atoms with E-state index >= 15 is 0 Å². The molecule has 0 saturated heterocycles. The van der Waals surface area contributed by atoms with Gasteiger partial charge in [-0.3, -0.25) is 9.69 Å². The average molecular weight is 507 g/mol. The fraction of sp³-hybridized carbons (Fsp3) is 0.250. The third-order valence-electron chi connectivity index (χ3n) is 5.48. The normalized spacial score (nSPS) is 11.4. The molecule has 0 aliphatic carbocycles. The van der Waals surface area contributed by atoms with Crippen LogP contribution in [0.3, 0.4) is 0 Å². The van der Waals surface area contributed by atoms with Crippen molar-refractivity contribution in [2.45, 2.75) is 25.1 Å². The van der Waals surface area contributed by atoms with Crippen molar-refractivity contribution in [2.24, 2.45) is 0 Å². The highest BCUT2D eigenvalue weighted by Crippen LogP contribution is 2.23. The first-order valence-electron chi connectivity index (χ1n) is 11.6. The van der Waals surface area contributed by atoms with Gasteiger partial charge in [-0.2, -0.15) is 11.8 Å². The van der Waals surface area contributed by atoms with E-state index in [0.29, 0.717) is 17.7 Å². The molecular weight excluding hydrogens is 476 g/mol. The zero-order valence-electron chi connectivity index (χ0n) is 20.3. The Bertz CT molecular complexity index is 1150. The third-order valence-corrected chi connectivity index (χ3v) is 6.59. The molecule has 0 fully saturated rings. The van der Waals surface area contributed by atoms with Gasteiger partial charge in [0.1, 0.15) is 11.8 Å². The highest BCUT2D eigenvalue weighted by molar-refractivity contribution is 7.98. The molecule has 3 aromatic carbocycles. The number of rotatable bonds is 11. The van der Waals surface area contributed by atoms with Gasteiger partial charge in [0.25, 0.3) is 5.91 Å². The highest BCUT2D eigenvalue weighted by atomic mass is 32.2. The lowest BCUT2D eigenvalue weighted by atomic mass is 10.0. The summed E-state index contributed by atoms with van der Waals surface area (Å²) in [5.74, 6) is -0.0578. The smallest absolute Gasteiger partial charge is 0.327 e. The van der Waals surface area contributed by atoms with Gasteiger partial charge >= 0.3 is 12.0 Å². The van der Waals surface area contributed by atoms with Crippen molar-refractivity contribution < 1.29 is 24.2 Å². The van der Waals surface area contributed by atoms with Gasteiger partial charge in [-0.05, 0) is 47.4 Å². The first kappa shape index (κ1) is 26.8. The maximum absolute atomic E-state index is 13.2. The molecule has 36 heavy (non-hydrogen) atoms. The van der Waals surface area contributed by atoms with Crippen LogP contribution >= 0.6 is 11.8 Å². The molecule has 0 spiro atoms. The van der Waals surface area contributed by atoms with E-state index in [2.05, 4.69) is 5.32 Å². The number of carboxylic acids is 1. The molecule has 0 radical (unpaired) electrons. The zero-order chi connectivity index (χ0) is 25.9. The summed E-state index contributed by atoms with van der Waals surface area (Å²) in [6.45, 7) is 2.03. The predicted octanol–water partition coefficient (Wildman–Crippen LogP) is 5.31. The molecule has 0 unspecified atom stereocenters. The summed E-state index contributed by atoms with van der Waals surface area (Å²) in [7, 11) is 1.61. The van der Waals surface area contributed by atoms with E-state index in [0.717, 1.165) is 27.3 Å². The lowest BCUT2D eigenvalue weighted by Crippen LogP contribution is -2.51. The minimum absolute atomic E-state index is 0.175. The SMILES string of the molecule is CCCN(C(=O)N[C@@H](CSCc1ccccc1)C(=O)O)C(=O)c1ccc(-c2ccc(OC)cc2)cc1. The van der Waals surface area contributed by atoms with Crippen molar-refractivity contribution in [1.29, 1.82) is 0 Å². The van der Waals surface area contributed by atoms with Gasteiger partial charge in [0.05, 0.1) is 7.11 Å². The second kappa shape index (κ2) is 13.3. The number of benzene rings is 3. The van der Waals surface area contributed by atoms with Gasteiger partial charge in [-0.15, -0.1) is 0 Å². The molecule has 3 amide bonds. The standard InChI is InChI=1S/C28H30N2O5S/c1-3-17-30(28(34)29-25(27(32)33)19-36-18-20-7-5-4-6-8-20)26(31)23-11-9-21(10-12-23)22-13-15-24(35-2)16-14-22/h4-16,25H,3,17-19H2,1-2H3,(H,29,34)(H,32,33)/t25-/m0/s1. The molecule has 0 aliphatic heterocycles. The Kier molecular flexibility index (Phi) is 9.94. The molecule has 0 saturated carbocycles. The summed E-state index contributed by atoms with van der Waals surface area (Å²) < 4.78 is 5.19. The van der Waals surface area contributed by atoms with E-state index < -0.39 is 23.9 Å². The number of amides is 3. The van der Waals surface area contributed by atoms with Crippen LogP contribution in [0, 0.1) is 0 Å². The number of nitrogens with one attached hydrogen (secondary N) is 1. The number of aliphatic carboxylic acids is 1. The van der Waals surface area contributed by atoms with Gasteiger partial charge in [0.15, 0.2) is 0 Å². The fourth-order valence-electron chi connectivity index (χ4n) is 3.53. The van der Waals surface area contributed by atoms with Gasteiger partial charge in [0.2, 0.25) is 0 Å². The number of thioether (sulfide) groups is 1. The van der Waals surface area contributed by atoms with Gasteiger partial charge in [-0.1, -0.05) is 61.5 Å². The molecule has 2 N–H and O–H groups in total. The quantitative estimate of drug-likeness (QED) is 0.366. The Hall–Kier alpha value is -3.78. The Morgan fingerprint density at radius 3 is 2.11 bits per heavy atom. The largest absolute Gasteiger partial charge is 0.497 e. The molecule has 1 atom stereocenters. The number of hydrogen-bond donors (Lipinski definition) is 2. The molecule has 0 aliphatic rings. The van der Waals surface area contributed by atoms with Crippen LogP contribution in [0.2, 0.25) is 0 Å². The lowest BCUT2D eigenvalue weighted by molar-refractivity contribution is -0.138. The topological polar surface area (TPSA) is 95.9 Å². The van der Waals surface area contributed by atoms with Crippen LogP contribution < -0.4 is 10.1 Å². The van der Waals surface area contributed by atoms with Gasteiger partial charge in [0, 0.05) is 23.6 Å². The van der Waals surface area contributed by atoms with Crippen molar-refractivity contribution in [3.8, 4) is 16.9 Å². The van der Waals surface area contributed by atoms with Crippen LogP contribution in [0.4, 0.5) is 4.79 Å². The first-order valence-corrected chi connectivity index (χ1v) is 12.8. The monoisotopic (exact) mass is 506 g/mol. The molecule has 3 rings (SSSR count). The number of urea groups is 1. The molecule has 0 bridgehead atoms. The zero-order valence-corrected chi connectivity index (χ0v) is 21.2. The van der Waals surface area contributed by atoms with E-state index in [4.69, 9.17) is 4.74 Å². The molecule has 188 valence electrons. The van der Waals surface area contributed by atoms with Crippen molar-refractivity contribution in [1.82, 2.24) is 10.2 Å². The Balaban J connectivity index is 1.65. The number of ether oxygens (including phenoxy) is 1. The van der Waals surface area contributed by atoms with Gasteiger partial charge in [-0.25, -0.2) is 9.59 Å². The fourth-order valence-corrected chi connectivity index (χ4v) is 4.54. The second-order valence-electron chi connectivity index (χ2n) is 8.10. The van der Waals surface area contributed by atoms with Crippen molar-refractivity contribution >= 4 is 29.7 Å². The van der Waals surface area contributed by atoms with E-state index in [1.807, 2.05) is 73.7 Å². The van der Waals surface area contributed by atoms with Crippen LogP contribution in [0.25, 0.3) is 11.1 Å². The highest BCUT2D eigenvalue weighted by Gasteiger charge is 2.27. The van der Waals surface area contributed by atoms with Crippen LogP contribution in [0.1, 0.15) is 29.3 Å². The summed E-state index contributed by atoms with van der Waals surface area (Å²) in [5.41, 5.74) is 3.30. The van der Waals surface area contributed by atoms with E-state index in [1.165, 1.54) is 11.8 Å². The van der Waals surface area contributed by atoms with Crippen LogP contribution in [-0.2, 0) is 10.5 Å². The van der Waals surface area contributed by atoms with Crippen LogP contribution in [0.15, 0.2) is 78.9 Å². The first-order chi connectivity index (χ1) is 17.4. The Morgan fingerprint density at radius 2 is 1.56 bits per heavy atom. The summed E-state index contributed by atoms with van der Waals surface area (Å²) in [5, 5.41) is 12.1. The van der Waals surface area contributed by atoms with Crippen LogP contribution in [0.5, 0.6) is 5.75 Å². The average Bonchev–Trinajstić information content (AvgIpc) is 2.91. The lowest BCUT2D eigenvalue weighted by Gasteiger charge is -2.23. The number of nitrogens with zero attached hydrogens (tertiary/aromatic N) is 1. The molecule has 8 heteroatoms. The summed E-state index contributed by atoms with van der Waals surface area (Å²) in [6, 6.07) is 22.4. The molecule has 3 aromatic rings. The summed E-state index contributed by atoms with van der Waals surface area (Å²) in [6.07, 6.45) is 0.545. The van der Waals surface area contributed by atoms with E-state index in [1.54, 1.807) is 19.2 Å². The minimum Gasteiger partial charge on any atom is -0.497 e. The van der Waals surface area contributed by atoms with Crippen LogP contribution in [-0.4, -0.2) is 53.4 Å². The molecule has 0 heterocycles. The second-order valence-corrected chi connectivity index (χ2v) is 9.13. The summed E-state index contributed by atoms with van der Waals surface area (Å²) >= 11 is 1.41. The minimum atomic E-state index is -1.14. The van der Waals surface area contributed by atoms with Gasteiger partial charge < -0.3 is 15.2 Å². The van der Waals surface area contributed by atoms with E-state index in [9.17, 15) is 19.5 Å². The maximum atomic E-state index is 13.2. The van der Waals surface area contributed by atoms with Crippen molar-refractivity contribution in [3.63, 3.8) is 0 Å². The predicted molar refractivity (Wildman–Crippen MR) is 142 cm³/mol. The molecule has 0 aromatic heterocycles. The van der Waals surface area contributed by atoms with Crippen molar-refractivity contribution in [2.75, 3.05) is 19.4 Å². The molecular formula is C28H30N2O5S. The molecule has 7 nitrogen and oxygen atoms in total. The third kappa shape index (κ3) is 7.36. The maximum Gasteiger partial charge on any atom is 0.327 e. The number of carbonyl (C=O) groups is 3. The summed E-state index contributed by atoms with van der Waals surface area (Å²) in [4.78, 5) is 38.9. The Labute approximate surface area is 215 Å². The number of carboxylic acid groups (broad SMARTS) is 1. The van der Waals surface area contributed by atoms with Crippen molar-refractivity contribution in [3.05, 3.63) is 90.0 Å². The van der Waals surface area contributed by atoms with E-state index in [-0.39, 0.29) is 12.3 Å². The number of methoxy groups -OCH3 is 1. The number of imide groups is 1. The number of carbonyl (C=O) groups excluding carboxylic acids is 2.